The van der Waals surface area contributed by atoms with Crippen molar-refractivity contribution in [2.45, 2.75) is 58.5 Å². The predicted octanol–water partition coefficient (Wildman–Crippen LogP) is 2.49. The van der Waals surface area contributed by atoms with Gasteiger partial charge in [-0.15, -0.1) is 0 Å². The van der Waals surface area contributed by atoms with E-state index in [9.17, 15) is 0 Å². The molecule has 1 unspecified atom stereocenters. The molecule has 0 amide bonds. The summed E-state index contributed by atoms with van der Waals surface area (Å²) < 4.78 is 0. The second-order valence-electron chi connectivity index (χ2n) is 5.55. The Morgan fingerprint density at radius 2 is 1.93 bits per heavy atom. The summed E-state index contributed by atoms with van der Waals surface area (Å²) in [5.74, 6) is 0.944. The first kappa shape index (κ1) is 13.0. The monoisotopic (exact) mass is 212 g/mol. The third-order valence-corrected chi connectivity index (χ3v) is 4.03. The number of hydrogen-bond acceptors (Lipinski definition) is 2. The molecule has 0 aromatic rings. The van der Waals surface area contributed by atoms with Gasteiger partial charge in [-0.25, -0.2) is 0 Å². The minimum absolute atomic E-state index is 0.336. The molecular weight excluding hydrogens is 184 g/mol. The van der Waals surface area contributed by atoms with Gasteiger partial charge in [0.1, 0.15) is 0 Å². The van der Waals surface area contributed by atoms with Crippen molar-refractivity contribution in [3.05, 3.63) is 0 Å². The lowest BCUT2D eigenvalue weighted by Gasteiger charge is -2.37. The summed E-state index contributed by atoms with van der Waals surface area (Å²) in [7, 11) is 2.26. The highest BCUT2D eigenvalue weighted by molar-refractivity contribution is 4.90. The highest BCUT2D eigenvalue weighted by Crippen LogP contribution is 2.33. The Hall–Kier alpha value is -0.0800. The molecule has 1 fully saturated rings. The zero-order valence-corrected chi connectivity index (χ0v) is 11.1. The van der Waals surface area contributed by atoms with Crippen LogP contribution in [0.1, 0.15) is 47.0 Å². The molecule has 90 valence electrons. The molecule has 0 aliphatic heterocycles. The first-order chi connectivity index (χ1) is 7.01. The minimum atomic E-state index is 0.336. The van der Waals surface area contributed by atoms with Gasteiger partial charge in [0.2, 0.25) is 0 Å². The van der Waals surface area contributed by atoms with E-state index in [1.54, 1.807) is 0 Å². The zero-order valence-electron chi connectivity index (χ0n) is 11.1. The first-order valence-corrected chi connectivity index (χ1v) is 6.46. The predicted molar refractivity (Wildman–Crippen MR) is 67.2 cm³/mol. The van der Waals surface area contributed by atoms with E-state index in [0.717, 1.165) is 12.5 Å². The number of likely N-dealkylation sites (N-methyl/N-ethyl adjacent to an activating group) is 2. The molecule has 0 saturated heterocycles. The van der Waals surface area contributed by atoms with Crippen molar-refractivity contribution < 1.29 is 0 Å². The van der Waals surface area contributed by atoms with Crippen molar-refractivity contribution in [2.75, 3.05) is 20.1 Å². The number of nitrogens with one attached hydrogen (secondary N) is 1. The Bertz CT molecular complexity index is 185. The van der Waals surface area contributed by atoms with Gasteiger partial charge in [0.25, 0.3) is 0 Å². The SMILES string of the molecule is CCNC(CN(C)C(C)(C)CC)C1CC1. The van der Waals surface area contributed by atoms with E-state index in [-0.39, 0.29) is 0 Å². The Kier molecular flexibility index (Phi) is 4.60. The zero-order chi connectivity index (χ0) is 11.5. The maximum Gasteiger partial charge on any atom is 0.0223 e. The summed E-state index contributed by atoms with van der Waals surface area (Å²) in [6, 6.07) is 0.714. The number of rotatable bonds is 7. The molecule has 2 heteroatoms. The van der Waals surface area contributed by atoms with Gasteiger partial charge in [-0.2, -0.15) is 0 Å². The summed E-state index contributed by atoms with van der Waals surface area (Å²) in [6.45, 7) is 11.4. The molecule has 1 rings (SSSR count). The highest BCUT2D eigenvalue weighted by Gasteiger charge is 2.33. The van der Waals surface area contributed by atoms with Crippen LogP contribution in [0.25, 0.3) is 0 Å². The Morgan fingerprint density at radius 3 is 2.33 bits per heavy atom. The fourth-order valence-electron chi connectivity index (χ4n) is 1.95. The minimum Gasteiger partial charge on any atom is -0.313 e. The van der Waals surface area contributed by atoms with Crippen molar-refractivity contribution in [1.82, 2.24) is 10.2 Å². The van der Waals surface area contributed by atoms with Gasteiger partial charge in [0.15, 0.2) is 0 Å². The number of nitrogens with zero attached hydrogens (tertiary/aromatic N) is 1. The van der Waals surface area contributed by atoms with Gasteiger partial charge < -0.3 is 5.32 Å². The Balaban J connectivity index is 2.42. The summed E-state index contributed by atoms with van der Waals surface area (Å²) in [6.07, 6.45) is 4.07. The van der Waals surface area contributed by atoms with E-state index < -0.39 is 0 Å². The van der Waals surface area contributed by atoms with Crippen LogP contribution in [-0.2, 0) is 0 Å². The molecule has 0 spiro atoms. The maximum atomic E-state index is 3.63. The molecule has 1 N–H and O–H groups in total. The third kappa shape index (κ3) is 3.76. The lowest BCUT2D eigenvalue weighted by Crippen LogP contribution is -2.49. The van der Waals surface area contributed by atoms with E-state index in [1.807, 2.05) is 0 Å². The van der Waals surface area contributed by atoms with Crippen LogP contribution < -0.4 is 5.32 Å². The van der Waals surface area contributed by atoms with Crippen LogP contribution in [0.15, 0.2) is 0 Å². The van der Waals surface area contributed by atoms with Gasteiger partial charge >= 0.3 is 0 Å². The Labute approximate surface area is 95.4 Å². The smallest absolute Gasteiger partial charge is 0.0223 e. The van der Waals surface area contributed by atoms with Gasteiger partial charge in [0, 0.05) is 18.1 Å². The van der Waals surface area contributed by atoms with Crippen molar-refractivity contribution in [3.8, 4) is 0 Å². The number of hydrogen-bond donors (Lipinski definition) is 1. The molecule has 1 aliphatic rings. The van der Waals surface area contributed by atoms with Crippen molar-refractivity contribution >= 4 is 0 Å². The standard InChI is InChI=1S/C13H28N2/c1-6-13(3,4)15(5)10-12(14-7-2)11-8-9-11/h11-12,14H,6-10H2,1-5H3. The maximum absolute atomic E-state index is 3.63. The average Bonchev–Trinajstić information content (AvgIpc) is 3.00. The molecule has 0 heterocycles. The van der Waals surface area contributed by atoms with Crippen LogP contribution in [0.3, 0.4) is 0 Å². The summed E-state index contributed by atoms with van der Waals surface area (Å²) in [5.41, 5.74) is 0.336. The van der Waals surface area contributed by atoms with E-state index in [1.165, 1.54) is 25.8 Å². The van der Waals surface area contributed by atoms with Crippen LogP contribution >= 0.6 is 0 Å². The summed E-state index contributed by atoms with van der Waals surface area (Å²) in [5, 5.41) is 3.63. The van der Waals surface area contributed by atoms with E-state index in [4.69, 9.17) is 0 Å². The van der Waals surface area contributed by atoms with Gasteiger partial charge in [-0.1, -0.05) is 13.8 Å². The molecular formula is C13H28N2. The van der Waals surface area contributed by atoms with Crippen LogP contribution in [0.4, 0.5) is 0 Å². The largest absolute Gasteiger partial charge is 0.313 e. The highest BCUT2D eigenvalue weighted by atomic mass is 15.2. The van der Waals surface area contributed by atoms with Crippen LogP contribution in [0, 0.1) is 5.92 Å². The quantitative estimate of drug-likeness (QED) is 0.697. The van der Waals surface area contributed by atoms with Crippen molar-refractivity contribution in [2.24, 2.45) is 5.92 Å². The third-order valence-electron chi connectivity index (χ3n) is 4.03. The molecule has 15 heavy (non-hydrogen) atoms. The lowest BCUT2D eigenvalue weighted by molar-refractivity contribution is 0.131. The molecule has 0 bridgehead atoms. The van der Waals surface area contributed by atoms with E-state index in [2.05, 4.69) is 45.0 Å². The van der Waals surface area contributed by atoms with Crippen LogP contribution in [0.2, 0.25) is 0 Å². The average molecular weight is 212 g/mol. The summed E-state index contributed by atoms with van der Waals surface area (Å²) in [4.78, 5) is 2.51. The molecule has 1 saturated carbocycles. The first-order valence-electron chi connectivity index (χ1n) is 6.46. The van der Waals surface area contributed by atoms with Gasteiger partial charge in [-0.3, -0.25) is 4.90 Å². The van der Waals surface area contributed by atoms with E-state index in [0.29, 0.717) is 11.6 Å². The van der Waals surface area contributed by atoms with Crippen molar-refractivity contribution in [1.29, 1.82) is 0 Å². The fraction of sp³-hybridized carbons (Fsp3) is 1.00. The summed E-state index contributed by atoms with van der Waals surface area (Å²) >= 11 is 0. The van der Waals surface area contributed by atoms with E-state index >= 15 is 0 Å². The lowest BCUT2D eigenvalue weighted by atomic mass is 9.98. The van der Waals surface area contributed by atoms with Gasteiger partial charge in [-0.05, 0) is 52.6 Å². The second-order valence-corrected chi connectivity index (χ2v) is 5.55. The fourth-order valence-corrected chi connectivity index (χ4v) is 1.95. The molecule has 1 aliphatic carbocycles. The molecule has 0 aromatic carbocycles. The molecule has 1 atom stereocenters. The second kappa shape index (κ2) is 5.31. The van der Waals surface area contributed by atoms with Crippen LogP contribution in [0.5, 0.6) is 0 Å². The normalized spacial score (nSPS) is 19.6. The van der Waals surface area contributed by atoms with Crippen LogP contribution in [-0.4, -0.2) is 36.6 Å². The molecule has 2 nitrogen and oxygen atoms in total. The molecule has 0 radical (unpaired) electrons. The van der Waals surface area contributed by atoms with Gasteiger partial charge in [0.05, 0.1) is 0 Å². The Morgan fingerprint density at radius 1 is 1.33 bits per heavy atom. The molecule has 0 aromatic heterocycles. The van der Waals surface area contributed by atoms with Crippen molar-refractivity contribution in [3.63, 3.8) is 0 Å². The topological polar surface area (TPSA) is 15.3 Å².